The minimum Gasteiger partial charge on any atom is -0.497 e. The van der Waals surface area contributed by atoms with Crippen molar-refractivity contribution in [2.45, 2.75) is 93.4 Å². The summed E-state index contributed by atoms with van der Waals surface area (Å²) in [5, 5.41) is 63.9. The molecule has 2 fully saturated rings. The van der Waals surface area contributed by atoms with Crippen LogP contribution in [-0.4, -0.2) is 111 Å². The summed E-state index contributed by atoms with van der Waals surface area (Å²) in [6, 6.07) is 30.0. The van der Waals surface area contributed by atoms with Gasteiger partial charge in [-0.25, -0.2) is 0 Å². The van der Waals surface area contributed by atoms with Crippen LogP contribution in [0.25, 0.3) is 0 Å². The molecule has 4 aromatic carbocycles. The smallest absolute Gasteiger partial charge is 0.264 e. The number of fused-ring (bicyclic) bond motifs is 2. The van der Waals surface area contributed by atoms with Gasteiger partial charge in [0, 0.05) is 34.9 Å². The summed E-state index contributed by atoms with van der Waals surface area (Å²) in [5.41, 5.74) is 2.39. The van der Waals surface area contributed by atoms with Gasteiger partial charge in [0.2, 0.25) is 0 Å². The first kappa shape index (κ1) is 44.6. The van der Waals surface area contributed by atoms with Crippen molar-refractivity contribution in [1.29, 1.82) is 0 Å². The molecule has 10 atom stereocenters. The number of aromatic nitrogens is 3. The van der Waals surface area contributed by atoms with E-state index < -0.39 is 56.4 Å². The average Bonchev–Trinajstić information content (AvgIpc) is 3.94. The van der Waals surface area contributed by atoms with Crippen molar-refractivity contribution in [2.75, 3.05) is 23.9 Å². The number of rotatable bonds is 13. The Labute approximate surface area is 370 Å². The number of aliphatic hydroxyl groups is 5. The molecule has 1 unspecified atom stereocenters. The molecule has 8 rings (SSSR count). The maximum atomic E-state index is 15.4. The van der Waals surface area contributed by atoms with Gasteiger partial charge in [-0.2, -0.15) is 0 Å². The number of halogens is 1. The van der Waals surface area contributed by atoms with Crippen LogP contribution in [0.1, 0.15) is 41.6 Å². The van der Waals surface area contributed by atoms with Crippen molar-refractivity contribution in [1.82, 2.24) is 15.0 Å². The van der Waals surface area contributed by atoms with Crippen molar-refractivity contribution in [3.8, 4) is 5.75 Å². The zero-order chi connectivity index (χ0) is 44.8. The number of nitrogens with one attached hydrogen (secondary N) is 1. The zero-order valence-electron chi connectivity index (χ0n) is 35.3. The van der Waals surface area contributed by atoms with Gasteiger partial charge in [-0.15, -0.1) is 5.10 Å². The summed E-state index contributed by atoms with van der Waals surface area (Å²) in [5.74, 6) is -0.998. The van der Waals surface area contributed by atoms with Crippen molar-refractivity contribution in [3.05, 3.63) is 131 Å². The third-order valence-electron chi connectivity index (χ3n) is 13.1. The number of anilines is 2. The number of carbonyl (C=O) groups is 2. The number of hydrogen-bond donors (Lipinski definition) is 6. The highest BCUT2D eigenvalue weighted by Crippen LogP contribution is 2.60. The molecule has 0 aliphatic carbocycles. The van der Waals surface area contributed by atoms with E-state index in [0.717, 1.165) is 11.3 Å². The Bertz CT molecular complexity index is 2440. The van der Waals surface area contributed by atoms with E-state index in [1.165, 1.54) is 5.19 Å². The average molecular weight is 898 g/mol. The summed E-state index contributed by atoms with van der Waals surface area (Å²) in [4.78, 5) is 30.3. The van der Waals surface area contributed by atoms with E-state index in [4.69, 9.17) is 25.8 Å². The second-order valence-electron chi connectivity index (χ2n) is 17.2. The summed E-state index contributed by atoms with van der Waals surface area (Å²) in [6.45, 7) is 7.13. The van der Waals surface area contributed by atoms with E-state index in [9.17, 15) is 30.3 Å². The van der Waals surface area contributed by atoms with Gasteiger partial charge in [-0.3, -0.25) is 14.3 Å². The summed E-state index contributed by atoms with van der Waals surface area (Å²) < 4.78 is 19.7. The third-order valence-corrected chi connectivity index (χ3v) is 17.7. The van der Waals surface area contributed by atoms with Gasteiger partial charge in [0.15, 0.2) is 18.0 Å². The van der Waals surface area contributed by atoms with E-state index in [1.807, 2.05) is 66.9 Å². The minimum absolute atomic E-state index is 0.0758. The lowest BCUT2D eigenvalue weighted by atomic mass is 9.82. The van der Waals surface area contributed by atoms with E-state index >= 15 is 4.79 Å². The van der Waals surface area contributed by atoms with E-state index in [-0.39, 0.29) is 36.4 Å². The van der Waals surface area contributed by atoms with Gasteiger partial charge >= 0.3 is 0 Å². The van der Waals surface area contributed by atoms with Crippen LogP contribution in [0, 0.1) is 5.92 Å². The number of methoxy groups -OCH3 is 1. The lowest BCUT2D eigenvalue weighted by Crippen LogP contribution is -2.60. The molecular weight excluding hydrogens is 846 g/mol. The number of hydrogen-bond acceptors (Lipinski definition) is 12. The van der Waals surface area contributed by atoms with Gasteiger partial charge < -0.3 is 50.0 Å². The predicted molar refractivity (Wildman–Crippen MR) is 236 cm³/mol. The van der Waals surface area contributed by atoms with E-state index in [1.54, 1.807) is 41.0 Å². The lowest BCUT2D eigenvalue weighted by molar-refractivity contribution is -0.274. The van der Waals surface area contributed by atoms with Gasteiger partial charge in [0.05, 0.1) is 51.7 Å². The molecule has 3 aliphatic rings. The summed E-state index contributed by atoms with van der Waals surface area (Å²) in [7, 11) is -0.858. The molecule has 6 N–H and O–H groups in total. The zero-order valence-corrected chi connectivity index (χ0v) is 37.0. The van der Waals surface area contributed by atoms with Crippen LogP contribution >= 0.6 is 11.6 Å². The van der Waals surface area contributed by atoms with Crippen LogP contribution < -0.4 is 20.1 Å². The van der Waals surface area contributed by atoms with Crippen LogP contribution in [-0.2, 0) is 37.8 Å². The standard InChI is InChI=1S/C46H52ClN5O10Si/c1-26-42(63(3,4)32-16-14-31(60-2)15-17-32)37(19-20-51-24-35(49-50-51)33(25-53)28-10-6-5-7-11-28)62-46(26)34-22-29(47)13-18-36(34)52(45(46)59)23-27-9-8-12-30(21-27)48-43(57)41-39(55)38(54)40(56)44(58)61-41/h5-18,21-22,24,26,33,37-42,44,53-56,58H,19-20,23,25H2,1-4H3,(H,48,57)/t26-,33?,37+,38+,39+,40-,41+,42-,44-,46+/m1/s1. The Kier molecular flexibility index (Phi) is 12.6. The number of benzene rings is 4. The Morgan fingerprint density at radius 2 is 1.71 bits per heavy atom. The van der Waals surface area contributed by atoms with Gasteiger partial charge in [0.25, 0.3) is 11.8 Å². The molecule has 332 valence electrons. The molecule has 3 aliphatic heterocycles. The molecule has 1 aromatic heterocycles. The molecule has 63 heavy (non-hydrogen) atoms. The second kappa shape index (κ2) is 17.9. The molecular formula is C46H52ClN5O10Si. The molecule has 1 spiro atoms. The fourth-order valence-electron chi connectivity index (χ4n) is 9.83. The largest absolute Gasteiger partial charge is 0.497 e. The van der Waals surface area contributed by atoms with Crippen LogP contribution in [0.3, 0.4) is 0 Å². The molecule has 2 amide bonds. The molecule has 5 aromatic rings. The van der Waals surface area contributed by atoms with Crippen molar-refractivity contribution in [3.63, 3.8) is 0 Å². The fourth-order valence-corrected chi connectivity index (χ4v) is 14.1. The first-order valence-corrected chi connectivity index (χ1v) is 24.4. The first-order valence-electron chi connectivity index (χ1n) is 21.0. The third kappa shape index (κ3) is 8.20. The Morgan fingerprint density at radius 1 is 0.968 bits per heavy atom. The van der Waals surface area contributed by atoms with Crippen LogP contribution in [0.2, 0.25) is 23.7 Å². The molecule has 0 radical (unpaired) electrons. The van der Waals surface area contributed by atoms with Crippen LogP contribution in [0.4, 0.5) is 11.4 Å². The molecule has 4 heterocycles. The quantitative estimate of drug-likeness (QED) is 0.0937. The van der Waals surface area contributed by atoms with Gasteiger partial charge in [-0.05, 0) is 65.6 Å². The Morgan fingerprint density at radius 3 is 2.43 bits per heavy atom. The molecule has 15 nitrogen and oxygen atoms in total. The molecule has 0 saturated carbocycles. The number of carbonyl (C=O) groups excluding carboxylic acids is 2. The second-order valence-corrected chi connectivity index (χ2v) is 22.3. The highest BCUT2D eigenvalue weighted by Gasteiger charge is 2.66. The van der Waals surface area contributed by atoms with Crippen molar-refractivity contribution < 1.29 is 49.3 Å². The van der Waals surface area contributed by atoms with E-state index in [2.05, 4.69) is 47.8 Å². The van der Waals surface area contributed by atoms with Gasteiger partial charge in [-0.1, -0.05) is 96.6 Å². The summed E-state index contributed by atoms with van der Waals surface area (Å²) >= 11 is 6.73. The molecule has 2 saturated heterocycles. The normalized spacial score (nSPS) is 27.4. The van der Waals surface area contributed by atoms with Crippen molar-refractivity contribution in [2.24, 2.45) is 5.92 Å². The first-order chi connectivity index (χ1) is 30.2. The predicted octanol–water partition coefficient (Wildman–Crippen LogP) is 3.66. The number of aryl methyl sites for hydroxylation is 1. The number of ether oxygens (including phenoxy) is 3. The Balaban J connectivity index is 1.10. The number of aliphatic hydroxyl groups excluding tert-OH is 5. The van der Waals surface area contributed by atoms with E-state index in [0.29, 0.717) is 46.2 Å². The topological polar surface area (TPSA) is 209 Å². The maximum Gasteiger partial charge on any atom is 0.264 e. The maximum absolute atomic E-state index is 15.4. The highest BCUT2D eigenvalue weighted by molar-refractivity contribution is 6.91. The lowest BCUT2D eigenvalue weighted by Gasteiger charge is -2.37. The minimum atomic E-state index is -2.49. The van der Waals surface area contributed by atoms with Gasteiger partial charge in [0.1, 0.15) is 24.1 Å². The number of amides is 2. The molecule has 0 bridgehead atoms. The monoisotopic (exact) mass is 897 g/mol. The van der Waals surface area contributed by atoms with Crippen molar-refractivity contribution >= 4 is 48.1 Å². The Hall–Kier alpha value is -5.01. The van der Waals surface area contributed by atoms with Crippen LogP contribution in [0.5, 0.6) is 5.75 Å². The number of nitrogens with zero attached hydrogens (tertiary/aromatic N) is 4. The summed E-state index contributed by atoms with van der Waals surface area (Å²) in [6.07, 6.45) is -6.95. The SMILES string of the molecule is COc1ccc([Si](C)(C)[C@H]2[C@H](CCn3cc(C(CO)c4ccccc4)nn3)O[C@@]3(C(=O)N(Cc4cccc(NC(=O)[C@H]5O[C@@H](O)[C@H](O)[C@@H](O)[C@@H]5O)c4)c4ccc(Cl)cc43)[C@@H]2C)cc1. The van der Waals surface area contributed by atoms with Crippen LogP contribution in [0.15, 0.2) is 103 Å². The molecule has 17 heteroatoms. The fraction of sp³-hybridized carbons (Fsp3) is 0.391. The highest BCUT2D eigenvalue weighted by atomic mass is 35.5.